The summed E-state index contributed by atoms with van der Waals surface area (Å²) in [5.74, 6) is -0.0527. The van der Waals surface area contributed by atoms with Gasteiger partial charge in [-0.15, -0.1) is 6.92 Å². The quantitative estimate of drug-likeness (QED) is 0.337. The first-order valence-corrected chi connectivity index (χ1v) is 11.8. The predicted molar refractivity (Wildman–Crippen MR) is 138 cm³/mol. The van der Waals surface area contributed by atoms with Crippen LogP contribution in [0.3, 0.4) is 0 Å². The van der Waals surface area contributed by atoms with Crippen molar-refractivity contribution in [3.8, 4) is 0 Å². The maximum absolute atomic E-state index is 10.5. The molecule has 0 aliphatic heterocycles. The second-order valence-electron chi connectivity index (χ2n) is 7.80. The van der Waals surface area contributed by atoms with E-state index in [1.165, 1.54) is 27.1 Å². The topological polar surface area (TPSA) is 40.9 Å². The normalized spacial score (nSPS) is 13.3. The van der Waals surface area contributed by atoms with Crippen molar-refractivity contribution in [3.05, 3.63) is 125 Å². The van der Waals surface area contributed by atoms with Gasteiger partial charge in [0.15, 0.2) is 0 Å². The molecule has 2 radical (unpaired) electrons. The maximum atomic E-state index is 10.5. The van der Waals surface area contributed by atoms with Crippen LogP contribution in [0.2, 0.25) is 0 Å². The minimum atomic E-state index is -0.613. The summed E-state index contributed by atoms with van der Waals surface area (Å²) < 4.78 is 0. The zero-order chi connectivity index (χ0) is 23.5. The molecule has 0 spiro atoms. The second-order valence-corrected chi connectivity index (χ2v) is 9.20. The van der Waals surface area contributed by atoms with Crippen molar-refractivity contribution < 1.29 is 51.3 Å². The van der Waals surface area contributed by atoms with Crippen LogP contribution in [0, 0.1) is 18.9 Å². The fourth-order valence-corrected chi connectivity index (χ4v) is 4.25. The van der Waals surface area contributed by atoms with Crippen LogP contribution >= 0.6 is 0 Å². The number of allylic oxidation sites excluding steroid dienone is 4. The van der Waals surface area contributed by atoms with Gasteiger partial charge in [-0.2, -0.15) is 11.1 Å². The third-order valence-electron chi connectivity index (χ3n) is 5.46. The van der Waals surface area contributed by atoms with Gasteiger partial charge < -0.3 is 35.3 Å². The molecule has 1 aliphatic carbocycles. The van der Waals surface area contributed by atoms with Gasteiger partial charge in [-0.3, -0.25) is 6.08 Å². The largest absolute Gasteiger partial charge is 4.00 e. The minimum absolute atomic E-state index is 0. The third-order valence-corrected chi connectivity index (χ3v) is 6.71. The van der Waals surface area contributed by atoms with E-state index in [-0.39, 0.29) is 46.5 Å². The molecule has 4 rings (SSSR count). The summed E-state index contributed by atoms with van der Waals surface area (Å²) in [4.78, 5) is 10.5. The van der Waals surface area contributed by atoms with Crippen LogP contribution < -0.4 is 35.2 Å². The van der Waals surface area contributed by atoms with Crippen LogP contribution in [0.5, 0.6) is 0 Å². The molecule has 6 heteroatoms. The van der Waals surface area contributed by atoms with Crippen molar-refractivity contribution in [2.45, 2.75) is 34.6 Å². The molecule has 0 saturated heterocycles. The Labute approximate surface area is 241 Å². The van der Waals surface area contributed by atoms with E-state index >= 15 is 0 Å². The van der Waals surface area contributed by atoms with Gasteiger partial charge in [-0.1, -0.05) is 122 Å². The van der Waals surface area contributed by atoms with E-state index in [0.717, 1.165) is 15.1 Å². The van der Waals surface area contributed by atoms with Crippen LogP contribution in [-0.4, -0.2) is 15.4 Å². The van der Waals surface area contributed by atoms with Crippen molar-refractivity contribution >= 4 is 25.8 Å². The van der Waals surface area contributed by atoms with Gasteiger partial charge in [0.1, 0.15) is 9.52 Å². The third kappa shape index (κ3) is 12.1. The van der Waals surface area contributed by atoms with Crippen LogP contribution in [0.4, 0.5) is 0 Å². The first kappa shape index (κ1) is 35.3. The molecule has 0 saturated carbocycles. The molecule has 1 aliphatic rings. The van der Waals surface area contributed by atoms with Crippen LogP contribution in [-0.2, 0) is 21.7 Å². The van der Waals surface area contributed by atoms with Crippen LogP contribution in [0.1, 0.15) is 43.6 Å². The Morgan fingerprint density at radius 2 is 1.20 bits per heavy atom. The molecule has 3 aromatic carbocycles. The Bertz CT molecular complexity index is 1050. The van der Waals surface area contributed by atoms with E-state index < -0.39 is 5.91 Å². The molecular formula is C29H31Cl2NOSiTi. The summed E-state index contributed by atoms with van der Waals surface area (Å²) in [6.45, 7) is 10.5. The van der Waals surface area contributed by atoms with Crippen molar-refractivity contribution in [3.63, 3.8) is 0 Å². The van der Waals surface area contributed by atoms with Crippen LogP contribution in [0.25, 0.3) is 5.73 Å². The Kier molecular flexibility index (Phi) is 18.5. The van der Waals surface area contributed by atoms with Crippen molar-refractivity contribution in [1.82, 2.24) is 0 Å². The molecule has 1 N–H and O–H groups in total. The summed E-state index contributed by atoms with van der Waals surface area (Å²) in [6.07, 6.45) is 3.36. The average Bonchev–Trinajstić information content (AvgIpc) is 3.01. The number of carbonyl (C=O) groups is 1. The molecule has 0 aromatic heterocycles. The molecule has 2 nitrogen and oxygen atoms in total. The molecule has 0 bridgehead atoms. The first-order chi connectivity index (χ1) is 15.3. The number of aryl methyl sites for hydroxylation is 1. The SMILES string of the molecule is CC1=[C-]C(C)C(C)=C1C.Cc1ccccc1C([NH-])=O.[Cl-].[Cl-].[Ti+4].c1ccc([Si]c2ccccc2)cc1. The average molecular weight is 556 g/mol. The number of hydrogen-bond acceptors (Lipinski definition) is 1. The van der Waals surface area contributed by atoms with E-state index in [1.54, 1.807) is 12.1 Å². The molecule has 1 atom stereocenters. The van der Waals surface area contributed by atoms with E-state index in [4.69, 9.17) is 5.73 Å². The second kappa shape index (κ2) is 18.4. The Balaban J connectivity index is 0. The van der Waals surface area contributed by atoms with Gasteiger partial charge in [0.2, 0.25) is 0 Å². The summed E-state index contributed by atoms with van der Waals surface area (Å²) in [5.41, 5.74) is 12.4. The van der Waals surface area contributed by atoms with Crippen LogP contribution in [0.15, 0.2) is 102 Å². The molecule has 0 fully saturated rings. The summed E-state index contributed by atoms with van der Waals surface area (Å²) in [5, 5.41) is 2.79. The van der Waals surface area contributed by atoms with E-state index in [2.05, 4.69) is 94.4 Å². The number of rotatable bonds is 3. The number of carbonyl (C=O) groups excluding carboxylic acids is 1. The Morgan fingerprint density at radius 3 is 1.49 bits per heavy atom. The summed E-state index contributed by atoms with van der Waals surface area (Å²) in [6, 6.07) is 28.2. The number of halogens is 2. The van der Waals surface area contributed by atoms with Crippen molar-refractivity contribution in [2.24, 2.45) is 5.92 Å². The number of amides is 1. The maximum Gasteiger partial charge on any atom is 4.00 e. The summed E-state index contributed by atoms with van der Waals surface area (Å²) in [7, 11) is 0.777. The van der Waals surface area contributed by atoms with Gasteiger partial charge >= 0.3 is 21.7 Å². The molecular weight excluding hydrogens is 525 g/mol. The molecule has 3 aromatic rings. The van der Waals surface area contributed by atoms with Gasteiger partial charge in [-0.05, 0) is 12.5 Å². The van der Waals surface area contributed by atoms with E-state index in [0.29, 0.717) is 11.5 Å². The predicted octanol–water partition coefficient (Wildman–Crippen LogP) is 0.257. The van der Waals surface area contributed by atoms with Gasteiger partial charge in [-0.25, -0.2) is 5.57 Å². The zero-order valence-electron chi connectivity index (χ0n) is 20.8. The molecule has 1 unspecified atom stereocenters. The summed E-state index contributed by atoms with van der Waals surface area (Å²) >= 11 is 0. The molecule has 35 heavy (non-hydrogen) atoms. The van der Waals surface area contributed by atoms with Gasteiger partial charge in [0.05, 0.1) is 5.91 Å². The molecule has 1 amide bonds. The zero-order valence-corrected chi connectivity index (χ0v) is 24.9. The monoisotopic (exact) mass is 555 g/mol. The number of benzene rings is 3. The van der Waals surface area contributed by atoms with E-state index in [1.807, 2.05) is 19.1 Å². The molecule has 0 heterocycles. The number of hydrogen-bond donors (Lipinski definition) is 0. The minimum Gasteiger partial charge on any atom is -1.00 e. The standard InChI is InChI=1S/C12H10Si.C9H13.C8H9NO.2ClH.Ti/c1-3-7-11(8-4-1)13-12-9-5-2-6-10-12;1-6-5-7(2)9(4)8(6)3;1-6-4-2-3-5-7(6)8(9)10;;;/h1-10H;6H,1-4H3;2-5H,1H3,(H2,9,10);2*1H;/q;-1;;;;+4/p-3. The fraction of sp³-hybridized carbons (Fsp3) is 0.207. The Hall–Kier alpha value is -1.88. The van der Waals surface area contributed by atoms with Crippen molar-refractivity contribution in [1.29, 1.82) is 0 Å². The van der Waals surface area contributed by atoms with Crippen molar-refractivity contribution in [2.75, 3.05) is 0 Å². The van der Waals surface area contributed by atoms with Gasteiger partial charge in [0, 0.05) is 5.56 Å². The Morgan fingerprint density at radius 1 is 0.771 bits per heavy atom. The fourth-order valence-electron chi connectivity index (χ4n) is 3.20. The van der Waals surface area contributed by atoms with E-state index in [9.17, 15) is 4.79 Å². The number of nitrogens with one attached hydrogen (secondary N) is 1. The first-order valence-electron chi connectivity index (χ1n) is 10.8. The molecule has 180 valence electrons. The smallest absolute Gasteiger partial charge is 1.00 e. The van der Waals surface area contributed by atoms with Gasteiger partial charge in [0.25, 0.3) is 0 Å².